The van der Waals surface area contributed by atoms with Crippen molar-refractivity contribution in [3.63, 3.8) is 0 Å². The summed E-state index contributed by atoms with van der Waals surface area (Å²) < 4.78 is 0. The quantitative estimate of drug-likeness (QED) is 0.365. The topological polar surface area (TPSA) is 81.9 Å². The van der Waals surface area contributed by atoms with Crippen LogP contribution >= 0.6 is 0 Å². The van der Waals surface area contributed by atoms with Gasteiger partial charge >= 0.3 is 0 Å². The fraction of sp³-hybridized carbons (Fsp3) is 0.200. The summed E-state index contributed by atoms with van der Waals surface area (Å²) in [6.45, 7) is 1.58. The second-order valence-electron chi connectivity index (χ2n) is 3.40. The maximum atomic E-state index is 11.1. The van der Waals surface area contributed by atoms with Gasteiger partial charge in [-0.1, -0.05) is 5.16 Å². The molecule has 2 rings (SSSR count). The summed E-state index contributed by atoms with van der Waals surface area (Å²) >= 11 is 0. The number of rotatable bonds is 1. The van der Waals surface area contributed by atoms with Gasteiger partial charge in [0.15, 0.2) is 0 Å². The Morgan fingerprint density at radius 1 is 1.53 bits per heavy atom. The number of benzene rings is 1. The zero-order valence-electron chi connectivity index (χ0n) is 8.11. The van der Waals surface area contributed by atoms with Crippen LogP contribution in [0.1, 0.15) is 18.1 Å². The van der Waals surface area contributed by atoms with E-state index in [1.807, 2.05) is 0 Å². The van der Waals surface area contributed by atoms with Crippen LogP contribution in [0.3, 0.4) is 0 Å². The van der Waals surface area contributed by atoms with Gasteiger partial charge < -0.3 is 15.6 Å². The molecule has 5 nitrogen and oxygen atoms in total. The molecule has 1 aliphatic rings. The van der Waals surface area contributed by atoms with Crippen LogP contribution in [0, 0.1) is 0 Å². The average Bonchev–Trinajstić information content (AvgIpc) is 2.59. The number of carbonyl (C=O) groups is 1. The Balaban J connectivity index is 2.56. The lowest BCUT2D eigenvalue weighted by atomic mass is 10.0. The summed E-state index contributed by atoms with van der Waals surface area (Å²) in [6, 6.07) is 3.29. The lowest BCUT2D eigenvalue weighted by Crippen LogP contribution is -2.03. The normalized spacial score (nSPS) is 15.0. The van der Waals surface area contributed by atoms with E-state index in [1.54, 1.807) is 19.1 Å². The Morgan fingerprint density at radius 3 is 2.93 bits per heavy atom. The molecule has 0 aromatic heterocycles. The van der Waals surface area contributed by atoms with Crippen LogP contribution in [-0.2, 0) is 11.2 Å². The first-order chi connectivity index (χ1) is 7.13. The number of fused-ring (bicyclic) bond motifs is 1. The molecule has 0 spiro atoms. The molecular weight excluding hydrogens is 196 g/mol. The van der Waals surface area contributed by atoms with E-state index in [-0.39, 0.29) is 18.1 Å². The average molecular weight is 206 g/mol. The fourth-order valence-electron chi connectivity index (χ4n) is 1.63. The minimum Gasteiger partial charge on any atom is -0.507 e. The summed E-state index contributed by atoms with van der Waals surface area (Å²) in [5.41, 5.74) is 1.93. The summed E-state index contributed by atoms with van der Waals surface area (Å²) in [7, 11) is 0. The van der Waals surface area contributed by atoms with Gasteiger partial charge in [-0.25, -0.2) is 0 Å². The Kier molecular flexibility index (Phi) is 2.07. The largest absolute Gasteiger partial charge is 0.507 e. The highest BCUT2D eigenvalue weighted by Gasteiger charge is 2.23. The molecule has 0 aliphatic carbocycles. The highest BCUT2D eigenvalue weighted by molar-refractivity contribution is 6.05. The first kappa shape index (κ1) is 9.51. The molecule has 0 atom stereocenters. The molecule has 5 heteroatoms. The van der Waals surface area contributed by atoms with Gasteiger partial charge in [-0.15, -0.1) is 0 Å². The summed E-state index contributed by atoms with van der Waals surface area (Å²) in [5.74, 6) is -0.141. The number of oxime groups is 1. The SMILES string of the molecule is C/C(=N\O)c1ccc2c(c1O)CC(=O)N2. The minimum atomic E-state index is -0.143. The number of amides is 1. The van der Waals surface area contributed by atoms with Gasteiger partial charge in [0.05, 0.1) is 12.1 Å². The van der Waals surface area contributed by atoms with Crippen molar-refractivity contribution in [3.8, 4) is 5.75 Å². The zero-order valence-corrected chi connectivity index (χ0v) is 8.11. The van der Waals surface area contributed by atoms with E-state index in [0.29, 0.717) is 22.5 Å². The number of phenolic OH excluding ortho intramolecular Hbond substituents is 1. The minimum absolute atomic E-state index is 0.00106. The Labute approximate surface area is 86.0 Å². The molecule has 1 aromatic rings. The molecule has 0 radical (unpaired) electrons. The summed E-state index contributed by atoms with van der Waals surface area (Å²) in [6.07, 6.45) is 0.160. The standard InChI is InChI=1S/C10H10N2O3/c1-5(12-15)6-2-3-8-7(10(6)14)4-9(13)11-8/h2-3,14-15H,4H2,1H3,(H,11,13)/b12-5+. The van der Waals surface area contributed by atoms with E-state index in [4.69, 9.17) is 5.21 Å². The van der Waals surface area contributed by atoms with E-state index >= 15 is 0 Å². The van der Waals surface area contributed by atoms with Gasteiger partial charge in [-0.05, 0) is 19.1 Å². The van der Waals surface area contributed by atoms with E-state index in [2.05, 4.69) is 10.5 Å². The van der Waals surface area contributed by atoms with Crippen LogP contribution in [0.5, 0.6) is 5.75 Å². The third-order valence-electron chi connectivity index (χ3n) is 2.43. The highest BCUT2D eigenvalue weighted by Crippen LogP contribution is 2.34. The van der Waals surface area contributed by atoms with E-state index in [9.17, 15) is 9.90 Å². The molecular formula is C10H10N2O3. The van der Waals surface area contributed by atoms with Gasteiger partial charge in [-0.3, -0.25) is 4.79 Å². The predicted octanol–water partition coefficient (Wildman–Crippen LogP) is 1.08. The van der Waals surface area contributed by atoms with Crippen molar-refractivity contribution in [1.82, 2.24) is 0 Å². The second kappa shape index (κ2) is 3.27. The van der Waals surface area contributed by atoms with Crippen molar-refractivity contribution in [2.24, 2.45) is 5.16 Å². The number of carbonyl (C=O) groups excluding carboxylic acids is 1. The van der Waals surface area contributed by atoms with Crippen molar-refractivity contribution in [3.05, 3.63) is 23.3 Å². The molecule has 1 amide bonds. The number of aromatic hydroxyl groups is 1. The maximum Gasteiger partial charge on any atom is 0.229 e. The molecule has 1 heterocycles. The number of nitrogens with one attached hydrogen (secondary N) is 1. The van der Waals surface area contributed by atoms with Crippen LogP contribution in [0.15, 0.2) is 17.3 Å². The van der Waals surface area contributed by atoms with Crippen LogP contribution in [0.4, 0.5) is 5.69 Å². The van der Waals surface area contributed by atoms with Crippen LogP contribution in [0.2, 0.25) is 0 Å². The molecule has 0 saturated carbocycles. The molecule has 0 fully saturated rings. The van der Waals surface area contributed by atoms with E-state index in [0.717, 1.165) is 0 Å². The third kappa shape index (κ3) is 1.41. The number of hydrogen-bond donors (Lipinski definition) is 3. The molecule has 1 aliphatic heterocycles. The van der Waals surface area contributed by atoms with Crippen molar-refractivity contribution >= 4 is 17.3 Å². The lowest BCUT2D eigenvalue weighted by Gasteiger charge is -2.06. The molecule has 15 heavy (non-hydrogen) atoms. The van der Waals surface area contributed by atoms with E-state index in [1.165, 1.54) is 0 Å². The van der Waals surface area contributed by atoms with Gasteiger partial charge in [0.1, 0.15) is 5.75 Å². The monoisotopic (exact) mass is 206 g/mol. The smallest absolute Gasteiger partial charge is 0.229 e. The highest BCUT2D eigenvalue weighted by atomic mass is 16.4. The van der Waals surface area contributed by atoms with Crippen LogP contribution < -0.4 is 5.32 Å². The van der Waals surface area contributed by atoms with Crippen molar-refractivity contribution < 1.29 is 15.1 Å². The number of nitrogens with zero attached hydrogens (tertiary/aromatic N) is 1. The summed E-state index contributed by atoms with van der Waals surface area (Å²) in [4.78, 5) is 11.1. The number of anilines is 1. The molecule has 3 N–H and O–H groups in total. The molecule has 0 unspecified atom stereocenters. The first-order valence-corrected chi connectivity index (χ1v) is 4.47. The molecule has 1 aromatic carbocycles. The Morgan fingerprint density at radius 2 is 2.27 bits per heavy atom. The Bertz CT molecular complexity index is 466. The predicted molar refractivity (Wildman–Crippen MR) is 54.4 cm³/mol. The van der Waals surface area contributed by atoms with Crippen LogP contribution in [0.25, 0.3) is 0 Å². The Hall–Kier alpha value is -2.04. The van der Waals surface area contributed by atoms with Gasteiger partial charge in [0.25, 0.3) is 0 Å². The fourth-order valence-corrected chi connectivity index (χ4v) is 1.63. The number of phenols is 1. The third-order valence-corrected chi connectivity index (χ3v) is 2.43. The van der Waals surface area contributed by atoms with Gasteiger partial charge in [-0.2, -0.15) is 0 Å². The maximum absolute atomic E-state index is 11.1. The van der Waals surface area contributed by atoms with Crippen molar-refractivity contribution in [2.75, 3.05) is 5.32 Å². The van der Waals surface area contributed by atoms with Gasteiger partial charge in [0, 0.05) is 16.8 Å². The molecule has 0 bridgehead atoms. The second-order valence-corrected chi connectivity index (χ2v) is 3.40. The van der Waals surface area contributed by atoms with Crippen LogP contribution in [-0.4, -0.2) is 21.9 Å². The van der Waals surface area contributed by atoms with Gasteiger partial charge in [0.2, 0.25) is 5.91 Å². The first-order valence-electron chi connectivity index (χ1n) is 4.47. The van der Waals surface area contributed by atoms with Crippen molar-refractivity contribution in [1.29, 1.82) is 0 Å². The van der Waals surface area contributed by atoms with Crippen molar-refractivity contribution in [2.45, 2.75) is 13.3 Å². The molecule has 0 saturated heterocycles. The lowest BCUT2D eigenvalue weighted by molar-refractivity contribution is -0.115. The molecule has 78 valence electrons. The number of hydrogen-bond acceptors (Lipinski definition) is 4. The summed E-state index contributed by atoms with van der Waals surface area (Å²) in [5, 5.41) is 24.1. The van der Waals surface area contributed by atoms with E-state index < -0.39 is 0 Å². The zero-order chi connectivity index (χ0) is 11.0.